The van der Waals surface area contributed by atoms with Crippen molar-refractivity contribution in [2.24, 2.45) is 0 Å². The molecule has 0 amide bonds. The smallest absolute Gasteiger partial charge is 0.310 e. The minimum atomic E-state index is -0.342. The molecule has 0 fully saturated rings. The van der Waals surface area contributed by atoms with Gasteiger partial charge in [-0.05, 0) is 42.3 Å². The zero-order chi connectivity index (χ0) is 16.9. The molecule has 0 spiro atoms. The van der Waals surface area contributed by atoms with Gasteiger partial charge in [-0.25, -0.2) is 9.37 Å². The van der Waals surface area contributed by atoms with E-state index in [0.717, 1.165) is 11.1 Å². The van der Waals surface area contributed by atoms with E-state index in [1.807, 2.05) is 31.2 Å². The highest BCUT2D eigenvalue weighted by atomic mass is 19.1. The Morgan fingerprint density at radius 2 is 1.92 bits per heavy atom. The fourth-order valence-electron chi connectivity index (χ4n) is 2.28. The predicted octanol–water partition coefficient (Wildman–Crippen LogP) is 4.08. The van der Waals surface area contributed by atoms with Gasteiger partial charge in [0, 0.05) is 5.56 Å². The number of nitrogens with zero attached hydrogens (tertiary/aromatic N) is 1. The average Bonchev–Trinajstić information content (AvgIpc) is 3.05. The van der Waals surface area contributed by atoms with Crippen LogP contribution in [-0.4, -0.2) is 11.0 Å². The van der Waals surface area contributed by atoms with E-state index < -0.39 is 0 Å². The van der Waals surface area contributed by atoms with E-state index in [-0.39, 0.29) is 24.8 Å². The molecule has 0 aliphatic heterocycles. The summed E-state index contributed by atoms with van der Waals surface area (Å²) >= 11 is 0. The Labute approximate surface area is 138 Å². The first-order chi connectivity index (χ1) is 11.6. The number of benzene rings is 2. The molecule has 24 heavy (non-hydrogen) atoms. The fraction of sp³-hybridized carbons (Fsp3) is 0.158. The van der Waals surface area contributed by atoms with Crippen LogP contribution in [0.5, 0.6) is 0 Å². The van der Waals surface area contributed by atoms with Gasteiger partial charge in [0.2, 0.25) is 5.89 Å². The minimum absolute atomic E-state index is 0.0358. The molecule has 3 aromatic rings. The van der Waals surface area contributed by atoms with Crippen LogP contribution in [0.1, 0.15) is 17.0 Å². The Hall–Kier alpha value is -2.95. The van der Waals surface area contributed by atoms with E-state index in [1.54, 1.807) is 12.1 Å². The fourth-order valence-corrected chi connectivity index (χ4v) is 2.28. The highest BCUT2D eigenvalue weighted by Crippen LogP contribution is 2.21. The first kappa shape index (κ1) is 15.9. The maximum absolute atomic E-state index is 12.9. The van der Waals surface area contributed by atoms with Crippen LogP contribution in [0.3, 0.4) is 0 Å². The van der Waals surface area contributed by atoms with Crippen molar-refractivity contribution in [3.8, 4) is 11.3 Å². The molecule has 0 unspecified atom stereocenters. The molecule has 0 atom stereocenters. The first-order valence-corrected chi connectivity index (χ1v) is 7.52. The van der Waals surface area contributed by atoms with Crippen molar-refractivity contribution < 1.29 is 18.3 Å². The summed E-state index contributed by atoms with van der Waals surface area (Å²) in [7, 11) is 0. The molecular weight excluding hydrogens is 309 g/mol. The number of oxazole rings is 1. The van der Waals surface area contributed by atoms with Crippen LogP contribution in [0, 0.1) is 12.7 Å². The van der Waals surface area contributed by atoms with Crippen LogP contribution in [0.4, 0.5) is 4.39 Å². The van der Waals surface area contributed by atoms with Gasteiger partial charge < -0.3 is 9.15 Å². The number of halogens is 1. The molecule has 1 heterocycles. The lowest BCUT2D eigenvalue weighted by atomic mass is 10.1. The van der Waals surface area contributed by atoms with Crippen molar-refractivity contribution in [2.75, 3.05) is 0 Å². The van der Waals surface area contributed by atoms with Crippen molar-refractivity contribution >= 4 is 5.97 Å². The maximum Gasteiger partial charge on any atom is 0.310 e. The number of esters is 1. The highest BCUT2D eigenvalue weighted by molar-refractivity contribution is 5.73. The van der Waals surface area contributed by atoms with Gasteiger partial charge in [-0.3, -0.25) is 4.79 Å². The van der Waals surface area contributed by atoms with E-state index in [9.17, 15) is 9.18 Å². The summed E-state index contributed by atoms with van der Waals surface area (Å²) in [6, 6.07) is 13.6. The molecule has 0 radical (unpaired) electrons. The number of hydrogen-bond donors (Lipinski definition) is 0. The molecule has 122 valence electrons. The monoisotopic (exact) mass is 325 g/mol. The number of carbonyl (C=O) groups excluding carboxylic acids is 1. The van der Waals surface area contributed by atoms with E-state index in [1.165, 1.54) is 18.3 Å². The second-order valence-corrected chi connectivity index (χ2v) is 5.39. The highest BCUT2D eigenvalue weighted by Gasteiger charge is 2.11. The van der Waals surface area contributed by atoms with Crippen molar-refractivity contribution in [3.05, 3.63) is 77.6 Å². The van der Waals surface area contributed by atoms with Gasteiger partial charge in [-0.1, -0.05) is 24.3 Å². The molecule has 0 saturated carbocycles. The average molecular weight is 325 g/mol. The van der Waals surface area contributed by atoms with Gasteiger partial charge in [0.15, 0.2) is 12.4 Å². The van der Waals surface area contributed by atoms with Crippen LogP contribution in [0.2, 0.25) is 0 Å². The third-order valence-electron chi connectivity index (χ3n) is 3.63. The van der Waals surface area contributed by atoms with Gasteiger partial charge >= 0.3 is 5.97 Å². The summed E-state index contributed by atoms with van der Waals surface area (Å²) in [6.45, 7) is 1.91. The molecule has 2 aromatic carbocycles. The standard InChI is InChI=1S/C19H16FNO3/c1-13-4-2-3-5-15(13)10-19(22)23-12-18-21-11-17(24-18)14-6-8-16(20)9-7-14/h2-9,11H,10,12H2,1H3. The second kappa shape index (κ2) is 7.08. The lowest BCUT2D eigenvalue weighted by Crippen LogP contribution is -2.09. The third kappa shape index (κ3) is 3.87. The van der Waals surface area contributed by atoms with E-state index >= 15 is 0 Å². The normalized spacial score (nSPS) is 10.6. The summed E-state index contributed by atoms with van der Waals surface area (Å²) in [5, 5.41) is 0. The third-order valence-corrected chi connectivity index (χ3v) is 3.63. The lowest BCUT2D eigenvalue weighted by Gasteiger charge is -2.05. The summed E-state index contributed by atoms with van der Waals surface area (Å²) in [4.78, 5) is 16.0. The Morgan fingerprint density at radius 1 is 1.17 bits per heavy atom. The lowest BCUT2D eigenvalue weighted by molar-refractivity contribution is -0.144. The van der Waals surface area contributed by atoms with Gasteiger partial charge in [0.25, 0.3) is 0 Å². The van der Waals surface area contributed by atoms with Gasteiger partial charge in [-0.2, -0.15) is 0 Å². The molecule has 4 nitrogen and oxygen atoms in total. The summed E-state index contributed by atoms with van der Waals surface area (Å²) < 4.78 is 23.6. The Balaban J connectivity index is 1.58. The quantitative estimate of drug-likeness (QED) is 0.663. The largest absolute Gasteiger partial charge is 0.455 e. The number of aromatic nitrogens is 1. The van der Waals surface area contributed by atoms with E-state index in [4.69, 9.17) is 9.15 Å². The van der Waals surface area contributed by atoms with Gasteiger partial charge in [0.1, 0.15) is 5.82 Å². The van der Waals surface area contributed by atoms with Crippen LogP contribution >= 0.6 is 0 Å². The Kier molecular flexibility index (Phi) is 4.70. The maximum atomic E-state index is 12.9. The molecule has 0 N–H and O–H groups in total. The Morgan fingerprint density at radius 3 is 2.67 bits per heavy atom. The molecule has 0 bridgehead atoms. The second-order valence-electron chi connectivity index (χ2n) is 5.39. The molecule has 3 rings (SSSR count). The van der Waals surface area contributed by atoms with Crippen LogP contribution < -0.4 is 0 Å². The van der Waals surface area contributed by atoms with Crippen molar-refractivity contribution in [2.45, 2.75) is 20.0 Å². The first-order valence-electron chi connectivity index (χ1n) is 7.52. The van der Waals surface area contributed by atoms with E-state index in [0.29, 0.717) is 17.2 Å². The molecule has 0 saturated heterocycles. The predicted molar refractivity (Wildman–Crippen MR) is 86.6 cm³/mol. The molecule has 0 aliphatic rings. The number of hydrogen-bond acceptors (Lipinski definition) is 4. The minimum Gasteiger partial charge on any atom is -0.455 e. The zero-order valence-electron chi connectivity index (χ0n) is 13.2. The van der Waals surface area contributed by atoms with Gasteiger partial charge in [-0.15, -0.1) is 0 Å². The van der Waals surface area contributed by atoms with Crippen molar-refractivity contribution in [1.29, 1.82) is 0 Å². The summed E-state index contributed by atoms with van der Waals surface area (Å²) in [6.07, 6.45) is 1.73. The SMILES string of the molecule is Cc1ccccc1CC(=O)OCc1ncc(-c2ccc(F)cc2)o1. The molecule has 5 heteroatoms. The van der Waals surface area contributed by atoms with Crippen LogP contribution in [0.15, 0.2) is 59.1 Å². The van der Waals surface area contributed by atoms with Crippen LogP contribution in [0.25, 0.3) is 11.3 Å². The number of rotatable bonds is 5. The van der Waals surface area contributed by atoms with Crippen molar-refractivity contribution in [1.82, 2.24) is 4.98 Å². The molecule has 1 aromatic heterocycles. The molecular formula is C19H16FNO3. The zero-order valence-corrected chi connectivity index (χ0v) is 13.2. The number of aryl methyl sites for hydroxylation is 1. The number of carbonyl (C=O) groups is 1. The van der Waals surface area contributed by atoms with Gasteiger partial charge in [0.05, 0.1) is 12.6 Å². The topological polar surface area (TPSA) is 52.3 Å². The molecule has 0 aliphatic carbocycles. The number of ether oxygens (including phenoxy) is 1. The summed E-state index contributed by atoms with van der Waals surface area (Å²) in [5.74, 6) is 0.141. The summed E-state index contributed by atoms with van der Waals surface area (Å²) in [5.41, 5.74) is 2.69. The van der Waals surface area contributed by atoms with E-state index in [2.05, 4.69) is 4.98 Å². The Bertz CT molecular complexity index is 840. The van der Waals surface area contributed by atoms with Crippen LogP contribution in [-0.2, 0) is 22.6 Å². The van der Waals surface area contributed by atoms with Crippen molar-refractivity contribution in [3.63, 3.8) is 0 Å².